The van der Waals surface area contributed by atoms with E-state index in [1.54, 1.807) is 19.1 Å². The van der Waals surface area contributed by atoms with Crippen molar-refractivity contribution in [2.75, 3.05) is 5.32 Å². The van der Waals surface area contributed by atoms with Crippen LogP contribution in [0.4, 0.5) is 10.5 Å². The van der Waals surface area contributed by atoms with Crippen LogP contribution in [0.1, 0.15) is 44.1 Å². The predicted octanol–water partition coefficient (Wildman–Crippen LogP) is 2.20. The summed E-state index contributed by atoms with van der Waals surface area (Å²) in [6.07, 6.45) is 4.01. The minimum Gasteiger partial charge on any atom is -0.481 e. The van der Waals surface area contributed by atoms with E-state index < -0.39 is 22.0 Å². The molecule has 0 unspecified atom stereocenters. The van der Waals surface area contributed by atoms with Gasteiger partial charge >= 0.3 is 12.0 Å². The van der Waals surface area contributed by atoms with Gasteiger partial charge in [-0.1, -0.05) is 6.07 Å². The van der Waals surface area contributed by atoms with E-state index in [-0.39, 0.29) is 22.9 Å². The highest BCUT2D eigenvalue weighted by Crippen LogP contribution is 2.26. The number of carbonyl (C=O) groups is 2. The van der Waals surface area contributed by atoms with Crippen molar-refractivity contribution in [3.8, 4) is 0 Å². The molecule has 2 fully saturated rings. The summed E-state index contributed by atoms with van der Waals surface area (Å²) < 4.78 is 27.6. The van der Waals surface area contributed by atoms with Gasteiger partial charge in [-0.05, 0) is 63.1 Å². The SMILES string of the molecule is Cc1ccc(NC(=O)NC2CCC(C(=O)O)CC2)cc1S(=O)(=O)NC1CC1. The Morgan fingerprint density at radius 2 is 1.67 bits per heavy atom. The number of aliphatic carboxylic acids is 1. The zero-order valence-corrected chi connectivity index (χ0v) is 16.0. The summed E-state index contributed by atoms with van der Waals surface area (Å²) >= 11 is 0. The number of anilines is 1. The Morgan fingerprint density at radius 1 is 1.04 bits per heavy atom. The Labute approximate surface area is 158 Å². The number of carboxylic acid groups (broad SMARTS) is 1. The number of hydrogen-bond acceptors (Lipinski definition) is 4. The smallest absolute Gasteiger partial charge is 0.319 e. The molecule has 1 aromatic carbocycles. The number of sulfonamides is 1. The Balaban J connectivity index is 1.59. The predicted molar refractivity (Wildman–Crippen MR) is 100 cm³/mol. The van der Waals surface area contributed by atoms with E-state index in [4.69, 9.17) is 5.11 Å². The third-order valence-corrected chi connectivity index (χ3v) is 6.71. The van der Waals surface area contributed by atoms with Crippen molar-refractivity contribution >= 4 is 27.7 Å². The zero-order chi connectivity index (χ0) is 19.6. The number of carboxylic acids is 1. The zero-order valence-electron chi connectivity index (χ0n) is 15.2. The molecule has 2 aliphatic rings. The third kappa shape index (κ3) is 5.20. The molecule has 8 nitrogen and oxygen atoms in total. The van der Waals surface area contributed by atoms with Crippen LogP contribution >= 0.6 is 0 Å². The third-order valence-electron chi connectivity index (χ3n) is 5.05. The second-order valence-electron chi connectivity index (χ2n) is 7.36. The van der Waals surface area contributed by atoms with Gasteiger partial charge < -0.3 is 15.7 Å². The van der Waals surface area contributed by atoms with E-state index >= 15 is 0 Å². The maximum absolute atomic E-state index is 12.5. The Hall–Kier alpha value is -2.13. The molecule has 3 rings (SSSR count). The van der Waals surface area contributed by atoms with E-state index in [1.807, 2.05) is 0 Å². The van der Waals surface area contributed by atoms with Gasteiger partial charge in [0.15, 0.2) is 0 Å². The lowest BCUT2D eigenvalue weighted by Gasteiger charge is -2.26. The fourth-order valence-corrected chi connectivity index (χ4v) is 4.86. The van der Waals surface area contributed by atoms with Crippen LogP contribution in [0.3, 0.4) is 0 Å². The molecular formula is C18H25N3O5S. The van der Waals surface area contributed by atoms with Crippen LogP contribution in [0.25, 0.3) is 0 Å². The van der Waals surface area contributed by atoms with Crippen LogP contribution in [-0.4, -0.2) is 37.6 Å². The largest absolute Gasteiger partial charge is 0.481 e. The minimum atomic E-state index is -3.60. The second kappa shape index (κ2) is 7.85. The van der Waals surface area contributed by atoms with Crippen molar-refractivity contribution in [2.45, 2.75) is 62.4 Å². The number of urea groups is 1. The maximum Gasteiger partial charge on any atom is 0.319 e. The summed E-state index contributed by atoms with van der Waals surface area (Å²) in [5.41, 5.74) is 1.01. The van der Waals surface area contributed by atoms with Crippen LogP contribution in [0, 0.1) is 12.8 Å². The molecule has 0 aliphatic heterocycles. The van der Waals surface area contributed by atoms with Gasteiger partial charge in [0.25, 0.3) is 0 Å². The Morgan fingerprint density at radius 3 is 2.26 bits per heavy atom. The summed E-state index contributed by atoms with van der Waals surface area (Å²) in [5, 5.41) is 14.5. The summed E-state index contributed by atoms with van der Waals surface area (Å²) in [6.45, 7) is 1.71. The monoisotopic (exact) mass is 395 g/mol. The summed E-state index contributed by atoms with van der Waals surface area (Å²) in [5.74, 6) is -1.12. The van der Waals surface area contributed by atoms with Gasteiger partial charge in [0.2, 0.25) is 10.0 Å². The van der Waals surface area contributed by atoms with Crippen LogP contribution in [0.15, 0.2) is 23.1 Å². The second-order valence-corrected chi connectivity index (χ2v) is 9.04. The molecule has 2 aliphatic carbocycles. The molecule has 2 saturated carbocycles. The lowest BCUT2D eigenvalue weighted by molar-refractivity contribution is -0.142. The van der Waals surface area contributed by atoms with Crippen molar-refractivity contribution < 1.29 is 23.1 Å². The van der Waals surface area contributed by atoms with E-state index in [0.29, 0.717) is 36.9 Å². The number of rotatable bonds is 6. The number of hydrogen-bond donors (Lipinski definition) is 4. The van der Waals surface area contributed by atoms with Crippen LogP contribution in [0.2, 0.25) is 0 Å². The number of carbonyl (C=O) groups excluding carboxylic acids is 1. The number of benzene rings is 1. The Bertz CT molecular complexity index is 827. The fraction of sp³-hybridized carbons (Fsp3) is 0.556. The highest BCUT2D eigenvalue weighted by Gasteiger charge is 2.29. The summed E-state index contributed by atoms with van der Waals surface area (Å²) in [4.78, 5) is 23.4. The molecule has 0 atom stereocenters. The fourth-order valence-electron chi connectivity index (χ4n) is 3.29. The lowest BCUT2D eigenvalue weighted by Crippen LogP contribution is -2.41. The van der Waals surface area contributed by atoms with Gasteiger partial charge in [-0.3, -0.25) is 4.79 Å². The Kier molecular flexibility index (Phi) is 5.71. The van der Waals surface area contributed by atoms with Crippen molar-refractivity contribution in [3.63, 3.8) is 0 Å². The van der Waals surface area contributed by atoms with E-state index in [9.17, 15) is 18.0 Å². The average molecular weight is 395 g/mol. The van der Waals surface area contributed by atoms with Gasteiger partial charge in [0.05, 0.1) is 10.8 Å². The molecule has 0 spiro atoms. The topological polar surface area (TPSA) is 125 Å². The van der Waals surface area contributed by atoms with Gasteiger partial charge in [-0.15, -0.1) is 0 Å². The molecule has 0 bridgehead atoms. The standard InChI is InChI=1S/C18H25N3O5S/c1-11-2-5-15(10-16(11)27(25,26)21-14-8-9-14)20-18(24)19-13-6-3-12(4-7-13)17(22)23/h2,5,10,12-14,21H,3-4,6-9H2,1H3,(H,22,23)(H2,19,20,24). The molecule has 27 heavy (non-hydrogen) atoms. The molecule has 2 amide bonds. The lowest BCUT2D eigenvalue weighted by atomic mass is 9.86. The molecule has 1 aromatic rings. The van der Waals surface area contributed by atoms with Crippen LogP contribution < -0.4 is 15.4 Å². The van der Waals surface area contributed by atoms with Crippen molar-refractivity contribution in [1.29, 1.82) is 0 Å². The van der Waals surface area contributed by atoms with Crippen molar-refractivity contribution in [1.82, 2.24) is 10.0 Å². The van der Waals surface area contributed by atoms with Gasteiger partial charge in [-0.2, -0.15) is 0 Å². The molecule has 0 aromatic heterocycles. The molecule has 0 heterocycles. The molecule has 0 radical (unpaired) electrons. The highest BCUT2D eigenvalue weighted by molar-refractivity contribution is 7.89. The normalized spacial score (nSPS) is 22.9. The van der Waals surface area contributed by atoms with E-state index in [2.05, 4.69) is 15.4 Å². The van der Waals surface area contributed by atoms with Crippen molar-refractivity contribution in [3.05, 3.63) is 23.8 Å². The quantitative estimate of drug-likeness (QED) is 0.588. The van der Waals surface area contributed by atoms with Gasteiger partial charge in [0.1, 0.15) is 0 Å². The molecule has 0 saturated heterocycles. The van der Waals surface area contributed by atoms with Gasteiger partial charge in [0, 0.05) is 17.8 Å². The first-order chi connectivity index (χ1) is 12.7. The number of nitrogens with one attached hydrogen (secondary N) is 3. The first-order valence-corrected chi connectivity index (χ1v) is 10.7. The van der Waals surface area contributed by atoms with E-state index in [1.165, 1.54) is 6.07 Å². The molecular weight excluding hydrogens is 370 g/mol. The van der Waals surface area contributed by atoms with Crippen LogP contribution in [0.5, 0.6) is 0 Å². The first-order valence-electron chi connectivity index (χ1n) is 9.18. The first kappa shape index (κ1) is 19.6. The molecule has 4 N–H and O–H groups in total. The van der Waals surface area contributed by atoms with Crippen molar-refractivity contribution in [2.24, 2.45) is 5.92 Å². The van der Waals surface area contributed by atoms with Crippen LogP contribution in [-0.2, 0) is 14.8 Å². The number of aryl methyl sites for hydroxylation is 1. The summed E-state index contributed by atoms with van der Waals surface area (Å²) in [7, 11) is -3.60. The van der Waals surface area contributed by atoms with Gasteiger partial charge in [-0.25, -0.2) is 17.9 Å². The molecule has 148 valence electrons. The maximum atomic E-state index is 12.5. The molecule has 9 heteroatoms. The van der Waals surface area contributed by atoms with E-state index in [0.717, 1.165) is 12.8 Å². The minimum absolute atomic E-state index is 0.00948. The average Bonchev–Trinajstić information content (AvgIpc) is 3.40. The highest BCUT2D eigenvalue weighted by atomic mass is 32.2. The summed E-state index contributed by atoms with van der Waals surface area (Å²) in [6, 6.07) is 4.29. The number of amides is 2.